The third-order valence-electron chi connectivity index (χ3n) is 3.78. The lowest BCUT2D eigenvalue weighted by Gasteiger charge is -2.06. The van der Waals surface area contributed by atoms with E-state index in [1.165, 1.54) is 25.2 Å². The van der Waals surface area contributed by atoms with Gasteiger partial charge in [-0.15, -0.1) is 0 Å². The predicted octanol–water partition coefficient (Wildman–Crippen LogP) is 2.83. The van der Waals surface area contributed by atoms with Gasteiger partial charge in [0.25, 0.3) is 5.91 Å². The molecule has 0 fully saturated rings. The summed E-state index contributed by atoms with van der Waals surface area (Å²) in [6, 6.07) is 14.8. The van der Waals surface area contributed by atoms with Crippen LogP contribution in [0.25, 0.3) is 11.3 Å². The first-order valence-electron chi connectivity index (χ1n) is 7.92. The Morgan fingerprint density at radius 2 is 1.93 bits per heavy atom. The molecule has 0 spiro atoms. The number of rotatable bonds is 6. The smallest absolute Gasteiger partial charge is 0.273 e. The van der Waals surface area contributed by atoms with E-state index in [-0.39, 0.29) is 17.1 Å². The minimum atomic E-state index is -3.54. The molecule has 2 N–H and O–H groups in total. The van der Waals surface area contributed by atoms with Crippen molar-refractivity contribution in [1.29, 1.82) is 0 Å². The van der Waals surface area contributed by atoms with Crippen LogP contribution in [0.1, 0.15) is 16.1 Å². The first-order chi connectivity index (χ1) is 12.9. The molecule has 0 bridgehead atoms. The zero-order valence-corrected chi connectivity index (χ0v) is 15.8. The van der Waals surface area contributed by atoms with E-state index < -0.39 is 15.9 Å². The van der Waals surface area contributed by atoms with Gasteiger partial charge in [0.2, 0.25) is 10.0 Å². The van der Waals surface area contributed by atoms with Crippen molar-refractivity contribution in [2.75, 3.05) is 7.05 Å². The molecule has 1 amide bonds. The number of amides is 1. The van der Waals surface area contributed by atoms with E-state index in [9.17, 15) is 13.2 Å². The number of carbonyl (C=O) groups is 1. The average Bonchev–Trinajstić information content (AvgIpc) is 3.17. The summed E-state index contributed by atoms with van der Waals surface area (Å²) in [6.07, 6.45) is 0. The Labute approximate surface area is 161 Å². The van der Waals surface area contributed by atoms with Crippen molar-refractivity contribution >= 4 is 27.5 Å². The number of halogens is 1. The molecule has 27 heavy (non-hydrogen) atoms. The molecular weight excluding hydrogens is 390 g/mol. The summed E-state index contributed by atoms with van der Waals surface area (Å²) in [4.78, 5) is 12.4. The van der Waals surface area contributed by atoms with Gasteiger partial charge in [0.05, 0.1) is 4.90 Å². The fraction of sp³-hybridized carbons (Fsp3) is 0.111. The van der Waals surface area contributed by atoms with Crippen LogP contribution < -0.4 is 10.0 Å². The maximum absolute atomic E-state index is 12.3. The third-order valence-corrected chi connectivity index (χ3v) is 5.43. The topological polar surface area (TPSA) is 101 Å². The molecule has 1 aromatic heterocycles. The van der Waals surface area contributed by atoms with E-state index in [1.807, 2.05) is 0 Å². The van der Waals surface area contributed by atoms with Crippen molar-refractivity contribution in [2.45, 2.75) is 11.4 Å². The number of nitrogens with zero attached hydrogens (tertiary/aromatic N) is 1. The second-order valence-electron chi connectivity index (χ2n) is 5.62. The lowest BCUT2D eigenvalue weighted by atomic mass is 10.1. The minimum Gasteiger partial charge on any atom is -0.355 e. The summed E-state index contributed by atoms with van der Waals surface area (Å²) < 4.78 is 31.1. The quantitative estimate of drug-likeness (QED) is 0.656. The maximum atomic E-state index is 12.3. The summed E-state index contributed by atoms with van der Waals surface area (Å²) in [6.45, 7) is 0.144. The molecule has 0 radical (unpaired) electrons. The normalized spacial score (nSPS) is 11.3. The van der Waals surface area contributed by atoms with E-state index in [1.54, 1.807) is 36.4 Å². The number of nitrogens with one attached hydrogen (secondary N) is 2. The molecular formula is C18H16ClN3O4S. The highest BCUT2D eigenvalue weighted by Gasteiger charge is 2.15. The Kier molecular flexibility index (Phi) is 5.59. The van der Waals surface area contributed by atoms with Gasteiger partial charge in [0.15, 0.2) is 11.5 Å². The van der Waals surface area contributed by atoms with Crippen LogP contribution in [0.15, 0.2) is 64.0 Å². The number of benzene rings is 2. The Balaban J connectivity index is 1.69. The summed E-state index contributed by atoms with van der Waals surface area (Å²) in [7, 11) is -2.20. The molecule has 0 aliphatic rings. The second-order valence-corrected chi connectivity index (χ2v) is 7.95. The van der Waals surface area contributed by atoms with Crippen LogP contribution in [-0.4, -0.2) is 26.5 Å². The number of carbonyl (C=O) groups excluding carboxylic acids is 1. The van der Waals surface area contributed by atoms with Crippen molar-refractivity contribution in [3.63, 3.8) is 0 Å². The van der Waals surface area contributed by atoms with E-state index in [0.717, 1.165) is 0 Å². The van der Waals surface area contributed by atoms with Crippen LogP contribution in [0.5, 0.6) is 0 Å². The van der Waals surface area contributed by atoms with Gasteiger partial charge in [-0.1, -0.05) is 41.0 Å². The third kappa shape index (κ3) is 4.54. The Bertz CT molecular complexity index is 1080. The van der Waals surface area contributed by atoms with E-state index >= 15 is 0 Å². The van der Waals surface area contributed by atoms with E-state index in [4.69, 9.17) is 16.1 Å². The molecule has 0 unspecified atom stereocenters. The van der Waals surface area contributed by atoms with Crippen LogP contribution in [0.4, 0.5) is 0 Å². The first-order valence-corrected chi connectivity index (χ1v) is 9.78. The van der Waals surface area contributed by atoms with E-state index in [0.29, 0.717) is 21.9 Å². The molecule has 3 aromatic rings. The lowest BCUT2D eigenvalue weighted by molar-refractivity contribution is 0.0942. The van der Waals surface area contributed by atoms with Crippen LogP contribution >= 0.6 is 11.6 Å². The number of aromatic nitrogens is 1. The van der Waals surface area contributed by atoms with E-state index in [2.05, 4.69) is 15.2 Å². The predicted molar refractivity (Wildman–Crippen MR) is 101 cm³/mol. The Morgan fingerprint density at radius 3 is 2.67 bits per heavy atom. The van der Waals surface area contributed by atoms with Crippen molar-refractivity contribution in [1.82, 2.24) is 15.2 Å². The highest BCUT2D eigenvalue weighted by atomic mass is 35.5. The van der Waals surface area contributed by atoms with Crippen LogP contribution in [0.3, 0.4) is 0 Å². The average molecular weight is 406 g/mol. The highest BCUT2D eigenvalue weighted by Crippen LogP contribution is 2.23. The molecule has 1 heterocycles. The maximum Gasteiger partial charge on any atom is 0.273 e. The largest absolute Gasteiger partial charge is 0.355 e. The summed E-state index contributed by atoms with van der Waals surface area (Å²) >= 11 is 5.95. The van der Waals surface area contributed by atoms with Gasteiger partial charge in [0.1, 0.15) is 0 Å². The van der Waals surface area contributed by atoms with Gasteiger partial charge in [-0.25, -0.2) is 13.1 Å². The highest BCUT2D eigenvalue weighted by molar-refractivity contribution is 7.89. The lowest BCUT2D eigenvalue weighted by Crippen LogP contribution is -2.23. The first kappa shape index (κ1) is 19.1. The Morgan fingerprint density at radius 1 is 1.15 bits per heavy atom. The van der Waals surface area contributed by atoms with Gasteiger partial charge < -0.3 is 9.84 Å². The zero-order chi connectivity index (χ0) is 19.4. The standard InChI is InChI=1S/C18H16ClN3O4S/c1-20-27(24,25)15-7-2-4-12(8-15)11-21-18(23)16-10-17(26-22-16)13-5-3-6-14(19)9-13/h2-10,20H,11H2,1H3,(H,21,23). The summed E-state index contributed by atoms with van der Waals surface area (Å²) in [5.74, 6) is -0.0151. The molecule has 2 aromatic carbocycles. The van der Waals surface area contributed by atoms with Crippen molar-refractivity contribution < 1.29 is 17.7 Å². The van der Waals surface area contributed by atoms with Gasteiger partial charge in [0, 0.05) is 23.2 Å². The molecule has 0 aliphatic heterocycles. The van der Waals surface area contributed by atoms with Gasteiger partial charge in [-0.3, -0.25) is 4.79 Å². The zero-order valence-electron chi connectivity index (χ0n) is 14.3. The minimum absolute atomic E-state index is 0.115. The van der Waals surface area contributed by atoms with Crippen molar-refractivity contribution in [2.24, 2.45) is 0 Å². The van der Waals surface area contributed by atoms with Gasteiger partial charge >= 0.3 is 0 Å². The summed E-state index contributed by atoms with van der Waals surface area (Å²) in [5.41, 5.74) is 1.46. The molecule has 140 valence electrons. The van der Waals surface area contributed by atoms with Crippen LogP contribution in [0, 0.1) is 0 Å². The molecule has 3 rings (SSSR count). The summed E-state index contributed by atoms with van der Waals surface area (Å²) in [5, 5.41) is 7.00. The molecule has 0 atom stereocenters. The second kappa shape index (κ2) is 7.91. The van der Waals surface area contributed by atoms with Gasteiger partial charge in [-0.2, -0.15) is 0 Å². The van der Waals surface area contributed by atoms with Crippen LogP contribution in [0.2, 0.25) is 5.02 Å². The van der Waals surface area contributed by atoms with Crippen molar-refractivity contribution in [3.05, 3.63) is 70.9 Å². The molecule has 7 nitrogen and oxygen atoms in total. The molecule has 0 saturated carbocycles. The molecule has 0 aliphatic carbocycles. The van der Waals surface area contributed by atoms with Crippen LogP contribution in [-0.2, 0) is 16.6 Å². The fourth-order valence-corrected chi connectivity index (χ4v) is 3.36. The monoisotopic (exact) mass is 405 g/mol. The molecule has 0 saturated heterocycles. The number of hydrogen-bond donors (Lipinski definition) is 2. The number of hydrogen-bond acceptors (Lipinski definition) is 5. The van der Waals surface area contributed by atoms with Crippen molar-refractivity contribution in [3.8, 4) is 11.3 Å². The fourth-order valence-electron chi connectivity index (χ4n) is 2.37. The SMILES string of the molecule is CNS(=O)(=O)c1cccc(CNC(=O)c2cc(-c3cccc(Cl)c3)on2)c1. The number of sulfonamides is 1. The molecule has 9 heteroatoms. The van der Waals surface area contributed by atoms with Gasteiger partial charge in [-0.05, 0) is 36.9 Å². The Hall–Kier alpha value is -2.68.